The fourth-order valence-corrected chi connectivity index (χ4v) is 4.43. The van der Waals surface area contributed by atoms with Crippen LogP contribution in [-0.2, 0) is 12.7 Å². The van der Waals surface area contributed by atoms with Gasteiger partial charge in [0.1, 0.15) is 11.6 Å². The van der Waals surface area contributed by atoms with Crippen LogP contribution in [0.25, 0.3) is 22.4 Å². The minimum Gasteiger partial charge on any atom is -0.366 e. The number of benzene rings is 3. The van der Waals surface area contributed by atoms with Gasteiger partial charge in [-0.25, -0.2) is 0 Å². The number of alkyl halides is 3. The van der Waals surface area contributed by atoms with Crippen molar-refractivity contribution in [1.82, 2.24) is 4.57 Å². The van der Waals surface area contributed by atoms with Gasteiger partial charge in [-0.3, -0.25) is 9.59 Å². The zero-order valence-corrected chi connectivity index (χ0v) is 20.1. The number of amides is 1. The summed E-state index contributed by atoms with van der Waals surface area (Å²) in [5.74, 6) is -0.865. The largest absolute Gasteiger partial charge is 0.417 e. The third-order valence-electron chi connectivity index (χ3n) is 6.21. The van der Waals surface area contributed by atoms with Crippen LogP contribution in [0.1, 0.15) is 38.2 Å². The molecule has 5 nitrogen and oxygen atoms in total. The lowest BCUT2D eigenvalue weighted by molar-refractivity contribution is -0.137. The molecule has 0 saturated carbocycles. The van der Waals surface area contributed by atoms with Crippen LogP contribution in [0.15, 0.2) is 77.6 Å². The SMILES string of the molecule is Cc1ccc(Cn2c(-c3c(C(N)=O)cccc3-c3ccccc3)cc(C(F)(F)F)c(C#N)c2=O)c(C)c1. The predicted molar refractivity (Wildman–Crippen MR) is 135 cm³/mol. The standard InChI is InChI=1S/C29H22F3N3O2/c1-17-11-12-20(18(2)13-17)16-35-25(14-24(29(30,31)32)23(15-33)28(35)37)26-21(19-7-4-3-5-8-19)9-6-10-22(26)27(34)36/h3-14H,16H2,1-2H3,(H2,34,36). The fraction of sp³-hybridized carbons (Fsp3) is 0.138. The van der Waals surface area contributed by atoms with E-state index in [2.05, 4.69) is 0 Å². The number of nitrogens with zero attached hydrogens (tertiary/aromatic N) is 2. The van der Waals surface area contributed by atoms with E-state index in [1.165, 1.54) is 12.1 Å². The molecular formula is C29H22F3N3O2. The van der Waals surface area contributed by atoms with Crippen LogP contribution in [0.3, 0.4) is 0 Å². The molecule has 0 aliphatic carbocycles. The maximum Gasteiger partial charge on any atom is 0.417 e. The normalized spacial score (nSPS) is 11.2. The lowest BCUT2D eigenvalue weighted by atomic mass is 9.91. The van der Waals surface area contributed by atoms with Gasteiger partial charge in [0.15, 0.2) is 0 Å². The molecule has 0 spiro atoms. The van der Waals surface area contributed by atoms with Crippen LogP contribution in [0.5, 0.6) is 0 Å². The van der Waals surface area contributed by atoms with Crippen molar-refractivity contribution in [2.75, 3.05) is 0 Å². The van der Waals surface area contributed by atoms with Gasteiger partial charge in [-0.2, -0.15) is 18.4 Å². The van der Waals surface area contributed by atoms with Crippen molar-refractivity contribution >= 4 is 5.91 Å². The summed E-state index contributed by atoms with van der Waals surface area (Å²) >= 11 is 0. The maximum atomic E-state index is 14.1. The zero-order chi connectivity index (χ0) is 26.9. The van der Waals surface area contributed by atoms with Gasteiger partial charge in [-0.15, -0.1) is 0 Å². The predicted octanol–water partition coefficient (Wildman–Crippen LogP) is 5.84. The molecule has 0 fully saturated rings. The lowest BCUT2D eigenvalue weighted by Gasteiger charge is -2.22. The van der Waals surface area contributed by atoms with Gasteiger partial charge >= 0.3 is 6.18 Å². The first kappa shape index (κ1) is 25.5. The molecule has 186 valence electrons. The van der Waals surface area contributed by atoms with Crippen molar-refractivity contribution in [1.29, 1.82) is 5.26 Å². The molecule has 1 heterocycles. The van der Waals surface area contributed by atoms with Crippen molar-refractivity contribution in [3.05, 3.63) is 117 Å². The maximum absolute atomic E-state index is 14.1. The highest BCUT2D eigenvalue weighted by atomic mass is 19.4. The molecule has 0 bridgehead atoms. The van der Waals surface area contributed by atoms with E-state index in [1.807, 2.05) is 26.0 Å². The second kappa shape index (κ2) is 9.78. The van der Waals surface area contributed by atoms with E-state index < -0.39 is 28.8 Å². The van der Waals surface area contributed by atoms with Gasteiger partial charge in [0.2, 0.25) is 5.91 Å². The minimum absolute atomic E-state index is 0.0482. The molecule has 3 aromatic carbocycles. The number of pyridine rings is 1. The molecule has 8 heteroatoms. The Morgan fingerprint density at radius 1 is 1.00 bits per heavy atom. The highest BCUT2D eigenvalue weighted by Crippen LogP contribution is 2.39. The summed E-state index contributed by atoms with van der Waals surface area (Å²) in [4.78, 5) is 26.0. The smallest absolute Gasteiger partial charge is 0.366 e. The third-order valence-corrected chi connectivity index (χ3v) is 6.21. The van der Waals surface area contributed by atoms with E-state index >= 15 is 0 Å². The Morgan fingerprint density at radius 3 is 2.30 bits per heavy atom. The minimum atomic E-state index is -4.98. The van der Waals surface area contributed by atoms with Gasteiger partial charge in [0.05, 0.1) is 17.8 Å². The van der Waals surface area contributed by atoms with Gasteiger partial charge in [0.25, 0.3) is 5.56 Å². The number of halogens is 3. The molecule has 0 atom stereocenters. The number of aromatic nitrogens is 1. The molecule has 1 aromatic heterocycles. The molecule has 0 unspecified atom stereocenters. The van der Waals surface area contributed by atoms with Crippen molar-refractivity contribution in [3.63, 3.8) is 0 Å². The molecule has 1 amide bonds. The number of nitriles is 1. The topological polar surface area (TPSA) is 88.9 Å². The van der Waals surface area contributed by atoms with Crippen LogP contribution in [0.2, 0.25) is 0 Å². The lowest BCUT2D eigenvalue weighted by Crippen LogP contribution is -2.29. The van der Waals surface area contributed by atoms with Gasteiger partial charge < -0.3 is 10.3 Å². The van der Waals surface area contributed by atoms with Crippen LogP contribution < -0.4 is 11.3 Å². The van der Waals surface area contributed by atoms with Crippen molar-refractivity contribution in [2.45, 2.75) is 26.6 Å². The van der Waals surface area contributed by atoms with Crippen molar-refractivity contribution in [3.8, 4) is 28.5 Å². The molecule has 0 saturated heterocycles. The van der Waals surface area contributed by atoms with E-state index in [9.17, 15) is 28.0 Å². The molecule has 0 aliphatic heterocycles. The second-order valence-electron chi connectivity index (χ2n) is 8.71. The van der Waals surface area contributed by atoms with Crippen LogP contribution in [0.4, 0.5) is 13.2 Å². The average molecular weight is 502 g/mol. The monoisotopic (exact) mass is 501 g/mol. The first-order valence-corrected chi connectivity index (χ1v) is 11.3. The van der Waals surface area contributed by atoms with Crippen LogP contribution >= 0.6 is 0 Å². The van der Waals surface area contributed by atoms with Crippen LogP contribution in [-0.4, -0.2) is 10.5 Å². The summed E-state index contributed by atoms with van der Waals surface area (Å²) in [6.45, 7) is 3.61. The number of carbonyl (C=O) groups is 1. The van der Waals surface area contributed by atoms with E-state index in [4.69, 9.17) is 5.73 Å². The Morgan fingerprint density at radius 2 is 1.70 bits per heavy atom. The zero-order valence-electron chi connectivity index (χ0n) is 20.1. The Bertz CT molecular complexity index is 1610. The molecule has 0 aliphatic rings. The molecule has 37 heavy (non-hydrogen) atoms. The number of hydrogen-bond donors (Lipinski definition) is 1. The van der Waals surface area contributed by atoms with Gasteiger partial charge in [0, 0.05) is 11.1 Å². The quantitative estimate of drug-likeness (QED) is 0.373. The molecule has 4 rings (SSSR count). The van der Waals surface area contributed by atoms with Gasteiger partial charge in [-0.05, 0) is 48.2 Å². The number of nitrogens with two attached hydrogens (primary N) is 1. The highest BCUT2D eigenvalue weighted by Gasteiger charge is 2.37. The summed E-state index contributed by atoms with van der Waals surface area (Å²) in [5.41, 5.74) is 5.55. The summed E-state index contributed by atoms with van der Waals surface area (Å²) < 4.78 is 43.3. The van der Waals surface area contributed by atoms with Crippen LogP contribution in [0, 0.1) is 25.2 Å². The molecular weight excluding hydrogens is 479 g/mol. The molecule has 4 aromatic rings. The number of rotatable bonds is 5. The number of aryl methyl sites for hydroxylation is 2. The Kier molecular flexibility index (Phi) is 6.73. The highest BCUT2D eigenvalue weighted by molar-refractivity contribution is 6.03. The van der Waals surface area contributed by atoms with E-state index in [0.29, 0.717) is 16.7 Å². The Balaban J connectivity index is 2.16. The summed E-state index contributed by atoms with van der Waals surface area (Å²) in [6, 6.07) is 21.1. The third kappa shape index (κ3) is 4.89. The molecule has 2 N–H and O–H groups in total. The Hall–Kier alpha value is -4.64. The van der Waals surface area contributed by atoms with E-state index in [-0.39, 0.29) is 23.4 Å². The average Bonchev–Trinajstić information content (AvgIpc) is 2.85. The van der Waals surface area contributed by atoms with Crippen molar-refractivity contribution in [2.24, 2.45) is 5.73 Å². The number of primary amides is 1. The number of carbonyl (C=O) groups excluding carboxylic acids is 1. The Labute approximate surface area is 211 Å². The fourth-order valence-electron chi connectivity index (χ4n) is 4.43. The van der Waals surface area contributed by atoms with E-state index in [0.717, 1.165) is 21.8 Å². The number of hydrogen-bond acceptors (Lipinski definition) is 3. The summed E-state index contributed by atoms with van der Waals surface area (Å²) in [5, 5.41) is 9.54. The van der Waals surface area contributed by atoms with Crippen molar-refractivity contribution < 1.29 is 18.0 Å². The first-order chi connectivity index (χ1) is 17.5. The van der Waals surface area contributed by atoms with E-state index in [1.54, 1.807) is 48.5 Å². The molecule has 0 radical (unpaired) electrons. The first-order valence-electron chi connectivity index (χ1n) is 11.3. The van der Waals surface area contributed by atoms with Gasteiger partial charge in [-0.1, -0.05) is 66.2 Å². The summed E-state index contributed by atoms with van der Waals surface area (Å²) in [6.07, 6.45) is -4.98. The summed E-state index contributed by atoms with van der Waals surface area (Å²) in [7, 11) is 0. The second-order valence-corrected chi connectivity index (χ2v) is 8.71.